The summed E-state index contributed by atoms with van der Waals surface area (Å²) >= 11 is -4.44. The number of hydrogen-bond donors (Lipinski definition) is 0. The van der Waals surface area contributed by atoms with Crippen LogP contribution in [0.25, 0.3) is 99.7 Å². The second-order valence-electron chi connectivity index (χ2n) is 22.2. The van der Waals surface area contributed by atoms with Gasteiger partial charge in [0.15, 0.2) is 0 Å². The summed E-state index contributed by atoms with van der Waals surface area (Å²) in [7, 11) is 0. The summed E-state index contributed by atoms with van der Waals surface area (Å²) < 4.78 is 6.48. The van der Waals surface area contributed by atoms with E-state index in [1.54, 1.807) is 22.3 Å². The number of rotatable bonds is 14. The van der Waals surface area contributed by atoms with Crippen molar-refractivity contribution in [3.63, 3.8) is 0 Å². The van der Waals surface area contributed by atoms with Gasteiger partial charge in [-0.3, -0.25) is 0 Å². The Hall–Kier alpha value is -5.60. The van der Waals surface area contributed by atoms with Crippen molar-refractivity contribution in [3.8, 4) is 44.5 Å². The molecule has 0 N–H and O–H groups in total. The van der Waals surface area contributed by atoms with E-state index in [0.717, 1.165) is 12.8 Å². The van der Waals surface area contributed by atoms with Gasteiger partial charge in [-0.2, -0.15) is 0 Å². The molecule has 0 fully saturated rings. The Kier molecular flexibility index (Phi) is 14.9. The molecule has 0 heterocycles. The van der Waals surface area contributed by atoms with Crippen molar-refractivity contribution < 1.29 is 17.4 Å². The molecular weight excluding hydrogens is 1030 g/mol. The fourth-order valence-electron chi connectivity index (χ4n) is 13.8. The van der Waals surface area contributed by atoms with Gasteiger partial charge >= 0.3 is 433 Å². The molecule has 10 aromatic rings. The molecule has 2 aliphatic carbocycles. The number of halogens is 2. The molecule has 2 atom stereocenters. The largest absolute Gasteiger partial charge is 0.147 e. The zero-order chi connectivity index (χ0) is 49.0. The van der Waals surface area contributed by atoms with Crippen molar-refractivity contribution in [2.24, 2.45) is 0 Å². The van der Waals surface area contributed by atoms with Crippen LogP contribution in [-0.2, 0) is 17.4 Å². The Morgan fingerprint density at radius 3 is 0.946 bits per heavy atom. The van der Waals surface area contributed by atoms with E-state index in [1.807, 2.05) is 0 Å². The quantitative estimate of drug-likeness (QED) is 0.0752. The van der Waals surface area contributed by atoms with Gasteiger partial charge in [0.1, 0.15) is 0 Å². The average molecular weight is 1100 g/mol. The molecule has 2 aliphatic rings. The summed E-state index contributed by atoms with van der Waals surface area (Å²) in [6.07, 6.45) is 15.1. The molecule has 0 radical (unpaired) electrons. The molecule has 0 spiro atoms. The Labute approximate surface area is 454 Å². The normalized spacial score (nSPS) is 15.1. The maximum atomic E-state index is 2.91. The molecule has 0 saturated heterocycles. The van der Waals surface area contributed by atoms with Crippen molar-refractivity contribution >= 4 is 86.9 Å². The van der Waals surface area contributed by atoms with E-state index in [-0.39, 0.29) is 24.8 Å². The van der Waals surface area contributed by atoms with Crippen LogP contribution < -0.4 is 0 Å². The molecule has 10 aromatic carbocycles. The summed E-state index contributed by atoms with van der Waals surface area (Å²) in [6.45, 7) is 7.28. The number of benzene rings is 10. The summed E-state index contributed by atoms with van der Waals surface area (Å²) in [5, 5.41) is 10.5. The first-order chi connectivity index (χ1) is 35.2. The maximum Gasteiger partial charge on any atom is -0.147 e. The van der Waals surface area contributed by atoms with Crippen molar-refractivity contribution in [2.75, 3.05) is 0 Å². The molecule has 0 aliphatic heterocycles. The molecule has 0 nitrogen and oxygen atoms in total. The summed E-state index contributed by atoms with van der Waals surface area (Å²) in [5.74, 6) is 0. The van der Waals surface area contributed by atoms with E-state index < -0.39 is 17.4 Å². The molecule has 4 heteroatoms. The van der Waals surface area contributed by atoms with Gasteiger partial charge in [0.25, 0.3) is 0 Å². The minimum absolute atomic E-state index is 0. The average Bonchev–Trinajstić information content (AvgIpc) is 4.01. The van der Waals surface area contributed by atoms with Crippen molar-refractivity contribution in [1.29, 1.82) is 0 Å². The fraction of sp³-hybridized carbons (Fsp3) is 0.200. The Balaban J connectivity index is 0.00000313. The Morgan fingerprint density at radius 2 is 0.622 bits per heavy atom. The van der Waals surface area contributed by atoms with E-state index in [2.05, 4.69) is 236 Å². The smallest absolute Gasteiger partial charge is 0.147 e. The van der Waals surface area contributed by atoms with Crippen molar-refractivity contribution in [3.05, 3.63) is 228 Å². The molecule has 0 amide bonds. The second kappa shape index (κ2) is 21.2. The second-order valence-corrected chi connectivity index (χ2v) is 52.7. The van der Waals surface area contributed by atoms with Crippen LogP contribution in [0.2, 0.25) is 9.26 Å². The van der Waals surface area contributed by atoms with E-state index in [1.165, 1.54) is 137 Å². The third-order valence-corrected chi connectivity index (χ3v) is 34.3. The molecule has 0 saturated carbocycles. The summed E-state index contributed by atoms with van der Waals surface area (Å²) in [5.41, 5.74) is 20.4. The maximum absolute atomic E-state index is 4.44. The van der Waals surface area contributed by atoms with Crippen LogP contribution in [0.3, 0.4) is 0 Å². The minimum Gasteiger partial charge on any atom is -0.147 e. The molecule has 74 heavy (non-hydrogen) atoms. The predicted molar refractivity (Wildman–Crippen MR) is 329 cm³/mol. The molecule has 370 valence electrons. The molecule has 0 bridgehead atoms. The summed E-state index contributed by atoms with van der Waals surface area (Å²) in [4.78, 5) is 0. The van der Waals surface area contributed by atoms with Crippen LogP contribution in [0.4, 0.5) is 0 Å². The van der Waals surface area contributed by atoms with Gasteiger partial charge in [0.05, 0.1) is 0 Å². The molecule has 2 unspecified atom stereocenters. The summed E-state index contributed by atoms with van der Waals surface area (Å²) in [6, 6.07) is 74.2. The van der Waals surface area contributed by atoms with E-state index >= 15 is 0 Å². The minimum atomic E-state index is -4.44. The standard InChI is InChI=1S/2C34H29.2CH3.2ClH.H2Si.Zr/c2*1-2-3-4-11-24-22-33-31(29-18-9-14-25-12-5-7-16-27(25)29)20-21-32(34(33)23-24)30-19-10-15-26-13-6-8-17-28(26)30;;;;;;/h2*5-10,12-23H,2-4,11H2,1H3;2*1H3;2*1H;1H2;. The number of unbranched alkanes of at least 4 members (excludes halogenated alkanes) is 4. The van der Waals surface area contributed by atoms with Crippen LogP contribution in [0.15, 0.2) is 205 Å². The van der Waals surface area contributed by atoms with Crippen LogP contribution in [-0.4, -0.2) is 6.88 Å². The van der Waals surface area contributed by atoms with E-state index in [9.17, 15) is 0 Å². The molecule has 0 aromatic heterocycles. The van der Waals surface area contributed by atoms with Crippen LogP contribution in [0.5, 0.6) is 0 Å². The van der Waals surface area contributed by atoms with E-state index in [0.29, 0.717) is 7.25 Å². The van der Waals surface area contributed by atoms with Gasteiger partial charge in [-0.15, -0.1) is 24.8 Å². The van der Waals surface area contributed by atoms with Crippen LogP contribution in [0, 0.1) is 0 Å². The SMILES string of the molecule is CCCCCC1=Cc2c(-c3cccc4ccccc34)ccc(-c3cccc4ccccc34)c2[CH]1[Zr]([CH3])([CH3])(=[SiH2])[CH]1C(CCCCC)=Cc2c(-c3cccc4ccccc34)ccc(-c3cccc4ccccc34)c21.Cl.Cl. The van der Waals surface area contributed by atoms with Crippen molar-refractivity contribution in [1.82, 2.24) is 0 Å². The van der Waals surface area contributed by atoms with Gasteiger partial charge in [0, 0.05) is 0 Å². The monoisotopic (exact) mass is 1100 g/mol. The number of hydrogen-bond acceptors (Lipinski definition) is 0. The van der Waals surface area contributed by atoms with Gasteiger partial charge in [0.2, 0.25) is 0 Å². The first-order valence-electron chi connectivity index (χ1n) is 27.0. The third-order valence-electron chi connectivity index (χ3n) is 16.9. The third kappa shape index (κ3) is 8.92. The van der Waals surface area contributed by atoms with Crippen molar-refractivity contribution in [2.45, 2.75) is 81.7 Å². The fourth-order valence-corrected chi connectivity index (χ4v) is 33.5. The van der Waals surface area contributed by atoms with E-state index in [4.69, 9.17) is 0 Å². The molecule has 12 rings (SSSR count). The van der Waals surface area contributed by atoms with Crippen LogP contribution >= 0.6 is 24.8 Å². The van der Waals surface area contributed by atoms with Gasteiger partial charge in [-0.05, 0) is 0 Å². The Bertz CT molecular complexity index is 3640. The van der Waals surface area contributed by atoms with Gasteiger partial charge in [-0.25, -0.2) is 0 Å². The van der Waals surface area contributed by atoms with Gasteiger partial charge in [-0.1, -0.05) is 0 Å². The topological polar surface area (TPSA) is 0 Å². The predicted octanol–water partition coefficient (Wildman–Crippen LogP) is 20.9. The van der Waals surface area contributed by atoms with Gasteiger partial charge < -0.3 is 0 Å². The van der Waals surface area contributed by atoms with Crippen LogP contribution in [0.1, 0.15) is 94.7 Å². The number of allylic oxidation sites excluding steroid dienone is 2. The first-order valence-corrected chi connectivity index (χ1v) is 40.6. The first kappa shape index (κ1) is 51.9. The molecular formula is C70H68Cl2SiZr. The number of fused-ring (bicyclic) bond motifs is 6. The zero-order valence-corrected chi connectivity index (χ0v) is 49.0. The zero-order valence-electron chi connectivity index (χ0n) is 43.5. The Morgan fingerprint density at radius 1 is 0.338 bits per heavy atom.